The Kier molecular flexibility index (Phi) is 5.37. The summed E-state index contributed by atoms with van der Waals surface area (Å²) in [5.41, 5.74) is 4.31. The summed E-state index contributed by atoms with van der Waals surface area (Å²) in [6, 6.07) is 7.25. The number of phenols is 2. The van der Waals surface area contributed by atoms with Crippen LogP contribution in [0.1, 0.15) is 36.1 Å². The Labute approximate surface area is 137 Å². The van der Waals surface area contributed by atoms with Gasteiger partial charge < -0.3 is 19.7 Å². The Morgan fingerprint density at radius 2 is 1.09 bits per heavy atom. The molecule has 0 aliphatic carbocycles. The zero-order chi connectivity index (χ0) is 17.0. The second-order valence-electron chi connectivity index (χ2n) is 5.47. The number of rotatable bonds is 6. The standard InChI is InChI=1S/C19H24O4/c1-5-12-10-18(22-3)16(20)8-14(12)7-15-9-17(21)19(23-4)11-13(15)6-2/h8-11,20-21H,5-7H2,1-4H3. The first-order valence-electron chi connectivity index (χ1n) is 7.81. The van der Waals surface area contributed by atoms with E-state index in [0.29, 0.717) is 17.9 Å². The molecule has 2 N–H and O–H groups in total. The number of aryl methyl sites for hydroxylation is 2. The largest absolute Gasteiger partial charge is 0.504 e. The fraction of sp³-hybridized carbons (Fsp3) is 0.368. The first-order chi connectivity index (χ1) is 11.0. The quantitative estimate of drug-likeness (QED) is 0.850. The number of hydrogen-bond acceptors (Lipinski definition) is 4. The summed E-state index contributed by atoms with van der Waals surface area (Å²) in [6.45, 7) is 4.14. The normalized spacial score (nSPS) is 10.6. The van der Waals surface area contributed by atoms with Gasteiger partial charge in [-0.3, -0.25) is 0 Å². The first-order valence-corrected chi connectivity index (χ1v) is 7.81. The van der Waals surface area contributed by atoms with Crippen molar-refractivity contribution in [2.24, 2.45) is 0 Å². The second-order valence-corrected chi connectivity index (χ2v) is 5.47. The van der Waals surface area contributed by atoms with Crippen molar-refractivity contribution in [3.63, 3.8) is 0 Å². The summed E-state index contributed by atoms with van der Waals surface area (Å²) in [6.07, 6.45) is 2.33. The first kappa shape index (κ1) is 17.0. The highest BCUT2D eigenvalue weighted by Gasteiger charge is 2.13. The third-order valence-corrected chi connectivity index (χ3v) is 4.14. The van der Waals surface area contributed by atoms with Crippen LogP contribution >= 0.6 is 0 Å². The fourth-order valence-electron chi connectivity index (χ4n) is 2.83. The molecule has 23 heavy (non-hydrogen) atoms. The molecule has 0 saturated carbocycles. The number of aromatic hydroxyl groups is 2. The average Bonchev–Trinajstić information content (AvgIpc) is 2.55. The zero-order valence-electron chi connectivity index (χ0n) is 14.1. The Morgan fingerprint density at radius 3 is 1.39 bits per heavy atom. The van der Waals surface area contributed by atoms with Crippen LogP contribution in [0.5, 0.6) is 23.0 Å². The van der Waals surface area contributed by atoms with Crippen LogP contribution in [-0.2, 0) is 19.3 Å². The smallest absolute Gasteiger partial charge is 0.160 e. The van der Waals surface area contributed by atoms with E-state index in [4.69, 9.17) is 9.47 Å². The average molecular weight is 316 g/mol. The highest BCUT2D eigenvalue weighted by atomic mass is 16.5. The highest BCUT2D eigenvalue weighted by Crippen LogP contribution is 2.34. The minimum absolute atomic E-state index is 0.135. The van der Waals surface area contributed by atoms with E-state index in [0.717, 1.165) is 35.1 Å². The predicted octanol–water partition coefficient (Wildman–Crippen LogP) is 3.83. The molecule has 0 aliphatic heterocycles. The van der Waals surface area contributed by atoms with Crippen molar-refractivity contribution in [1.29, 1.82) is 0 Å². The van der Waals surface area contributed by atoms with Gasteiger partial charge in [0, 0.05) is 0 Å². The lowest BCUT2D eigenvalue weighted by Crippen LogP contribution is -2.00. The van der Waals surface area contributed by atoms with E-state index >= 15 is 0 Å². The Morgan fingerprint density at radius 1 is 0.696 bits per heavy atom. The molecule has 0 fully saturated rings. The number of hydrogen-bond donors (Lipinski definition) is 2. The molecule has 0 aromatic heterocycles. The van der Waals surface area contributed by atoms with Gasteiger partial charge in [0.1, 0.15) is 0 Å². The van der Waals surface area contributed by atoms with Crippen LogP contribution in [0, 0.1) is 0 Å². The van der Waals surface area contributed by atoms with E-state index in [1.54, 1.807) is 26.4 Å². The Hall–Kier alpha value is -2.36. The summed E-state index contributed by atoms with van der Waals surface area (Å²) in [4.78, 5) is 0. The van der Waals surface area contributed by atoms with Crippen molar-refractivity contribution < 1.29 is 19.7 Å². The topological polar surface area (TPSA) is 58.9 Å². The molecule has 0 spiro atoms. The van der Waals surface area contributed by atoms with Crippen molar-refractivity contribution in [3.05, 3.63) is 46.5 Å². The van der Waals surface area contributed by atoms with Crippen LogP contribution in [0.4, 0.5) is 0 Å². The van der Waals surface area contributed by atoms with Crippen molar-refractivity contribution in [2.45, 2.75) is 33.1 Å². The minimum Gasteiger partial charge on any atom is -0.504 e. The SMILES string of the molecule is CCc1cc(OC)c(O)cc1Cc1cc(O)c(OC)cc1CC. The summed E-state index contributed by atoms with van der Waals surface area (Å²) < 4.78 is 10.4. The maximum absolute atomic E-state index is 10.1. The minimum atomic E-state index is 0.135. The molecule has 0 saturated heterocycles. The van der Waals surface area contributed by atoms with Crippen molar-refractivity contribution in [3.8, 4) is 23.0 Å². The molecule has 0 amide bonds. The van der Waals surface area contributed by atoms with E-state index in [1.165, 1.54) is 0 Å². The van der Waals surface area contributed by atoms with Crippen LogP contribution in [0.2, 0.25) is 0 Å². The van der Waals surface area contributed by atoms with Crippen molar-refractivity contribution >= 4 is 0 Å². The lowest BCUT2D eigenvalue weighted by atomic mass is 9.93. The van der Waals surface area contributed by atoms with Gasteiger partial charge in [0.05, 0.1) is 14.2 Å². The van der Waals surface area contributed by atoms with Gasteiger partial charge in [-0.2, -0.15) is 0 Å². The summed E-state index contributed by atoms with van der Waals surface area (Å²) in [7, 11) is 3.09. The Bertz CT molecular complexity index is 633. The van der Waals surface area contributed by atoms with Crippen molar-refractivity contribution in [2.75, 3.05) is 14.2 Å². The molecular formula is C19H24O4. The second kappa shape index (κ2) is 7.27. The monoisotopic (exact) mass is 316 g/mol. The molecule has 124 valence electrons. The van der Waals surface area contributed by atoms with E-state index in [9.17, 15) is 10.2 Å². The van der Waals surface area contributed by atoms with Crippen LogP contribution < -0.4 is 9.47 Å². The lowest BCUT2D eigenvalue weighted by molar-refractivity contribution is 0.372. The molecule has 2 rings (SSSR count). The van der Waals surface area contributed by atoms with Gasteiger partial charge in [-0.15, -0.1) is 0 Å². The van der Waals surface area contributed by atoms with E-state index in [-0.39, 0.29) is 11.5 Å². The molecule has 0 heterocycles. The van der Waals surface area contributed by atoms with E-state index < -0.39 is 0 Å². The molecule has 2 aromatic carbocycles. The zero-order valence-corrected chi connectivity index (χ0v) is 14.1. The van der Waals surface area contributed by atoms with E-state index in [1.807, 2.05) is 12.1 Å². The summed E-state index contributed by atoms with van der Waals surface area (Å²) in [5, 5.41) is 20.1. The van der Waals surface area contributed by atoms with Crippen LogP contribution in [0.3, 0.4) is 0 Å². The van der Waals surface area contributed by atoms with Crippen LogP contribution in [0.25, 0.3) is 0 Å². The fourth-order valence-corrected chi connectivity index (χ4v) is 2.83. The molecule has 0 unspecified atom stereocenters. The van der Waals surface area contributed by atoms with Gasteiger partial charge in [-0.1, -0.05) is 13.8 Å². The molecule has 2 aromatic rings. The molecular weight excluding hydrogens is 292 g/mol. The van der Waals surface area contributed by atoms with Gasteiger partial charge in [-0.05, 0) is 65.8 Å². The molecule has 4 heteroatoms. The molecule has 0 aliphatic rings. The molecule has 0 atom stereocenters. The van der Waals surface area contributed by atoms with E-state index in [2.05, 4.69) is 13.8 Å². The number of ether oxygens (including phenoxy) is 2. The van der Waals surface area contributed by atoms with Gasteiger partial charge in [0.15, 0.2) is 23.0 Å². The third-order valence-electron chi connectivity index (χ3n) is 4.14. The number of benzene rings is 2. The maximum atomic E-state index is 10.1. The van der Waals surface area contributed by atoms with Crippen LogP contribution in [-0.4, -0.2) is 24.4 Å². The highest BCUT2D eigenvalue weighted by molar-refractivity contribution is 5.51. The lowest BCUT2D eigenvalue weighted by Gasteiger charge is -2.15. The summed E-state index contributed by atoms with van der Waals surface area (Å²) in [5.74, 6) is 1.24. The van der Waals surface area contributed by atoms with Gasteiger partial charge in [-0.25, -0.2) is 0 Å². The molecule has 0 radical (unpaired) electrons. The Balaban J connectivity index is 2.46. The number of methoxy groups -OCH3 is 2. The molecule has 4 nitrogen and oxygen atoms in total. The van der Waals surface area contributed by atoms with Crippen molar-refractivity contribution in [1.82, 2.24) is 0 Å². The third kappa shape index (κ3) is 3.52. The number of phenolic OH excluding ortho intramolecular Hbond substituents is 2. The van der Waals surface area contributed by atoms with Crippen LogP contribution in [0.15, 0.2) is 24.3 Å². The van der Waals surface area contributed by atoms with Gasteiger partial charge in [0.25, 0.3) is 0 Å². The summed E-state index contributed by atoms with van der Waals surface area (Å²) >= 11 is 0. The predicted molar refractivity (Wildman–Crippen MR) is 90.9 cm³/mol. The molecule has 0 bridgehead atoms. The van der Waals surface area contributed by atoms with Gasteiger partial charge >= 0.3 is 0 Å². The van der Waals surface area contributed by atoms with Gasteiger partial charge in [0.2, 0.25) is 0 Å². The maximum Gasteiger partial charge on any atom is 0.160 e.